The maximum absolute atomic E-state index is 12.2. The van der Waals surface area contributed by atoms with E-state index in [0.29, 0.717) is 19.1 Å². The first-order chi connectivity index (χ1) is 7.65. The molecule has 0 saturated carbocycles. The highest BCUT2D eigenvalue weighted by atomic mass is 16.5. The lowest BCUT2D eigenvalue weighted by Gasteiger charge is -2.22. The van der Waals surface area contributed by atoms with Gasteiger partial charge in [0.1, 0.15) is 0 Å². The standard InChI is InChI=1S/C12H24N2O2/c1-5-9(3)11-12(15)14(7-8-16-4)10(6-2)13-11/h9-11,13H,5-8H2,1-4H3. The maximum Gasteiger partial charge on any atom is 0.241 e. The first-order valence-corrected chi connectivity index (χ1v) is 6.21. The van der Waals surface area contributed by atoms with Crippen molar-refractivity contribution in [1.82, 2.24) is 10.2 Å². The molecule has 0 bridgehead atoms. The molecule has 4 nitrogen and oxygen atoms in total. The number of hydrogen-bond acceptors (Lipinski definition) is 3. The van der Waals surface area contributed by atoms with Gasteiger partial charge in [-0.1, -0.05) is 27.2 Å². The molecule has 3 unspecified atom stereocenters. The maximum atomic E-state index is 12.2. The topological polar surface area (TPSA) is 41.6 Å². The molecule has 0 aliphatic carbocycles. The molecule has 94 valence electrons. The summed E-state index contributed by atoms with van der Waals surface area (Å²) in [7, 11) is 1.67. The van der Waals surface area contributed by atoms with Gasteiger partial charge in [0.05, 0.1) is 18.8 Å². The average Bonchev–Trinajstić information content (AvgIpc) is 2.62. The highest BCUT2D eigenvalue weighted by Gasteiger charge is 2.39. The Bertz CT molecular complexity index is 233. The first kappa shape index (κ1) is 13.5. The van der Waals surface area contributed by atoms with Crippen molar-refractivity contribution in [2.24, 2.45) is 5.92 Å². The normalized spacial score (nSPS) is 27.5. The number of rotatable bonds is 6. The lowest BCUT2D eigenvalue weighted by Crippen LogP contribution is -2.38. The van der Waals surface area contributed by atoms with Crippen LogP contribution < -0.4 is 5.32 Å². The quantitative estimate of drug-likeness (QED) is 0.743. The van der Waals surface area contributed by atoms with Gasteiger partial charge < -0.3 is 9.64 Å². The Balaban J connectivity index is 2.65. The molecule has 3 atom stereocenters. The van der Waals surface area contributed by atoms with Gasteiger partial charge >= 0.3 is 0 Å². The van der Waals surface area contributed by atoms with Gasteiger partial charge in [-0.3, -0.25) is 10.1 Å². The summed E-state index contributed by atoms with van der Waals surface area (Å²) in [6.45, 7) is 7.65. The number of amides is 1. The molecule has 0 aromatic rings. The summed E-state index contributed by atoms with van der Waals surface area (Å²) in [5.41, 5.74) is 0. The van der Waals surface area contributed by atoms with Crippen molar-refractivity contribution in [3.63, 3.8) is 0 Å². The molecule has 1 saturated heterocycles. The second-order valence-electron chi connectivity index (χ2n) is 4.48. The van der Waals surface area contributed by atoms with Gasteiger partial charge in [0.25, 0.3) is 0 Å². The SMILES string of the molecule is CCC(C)C1NC(CC)N(CCOC)C1=O. The molecule has 0 aromatic heterocycles. The lowest BCUT2D eigenvalue weighted by molar-refractivity contribution is -0.131. The molecule has 1 amide bonds. The summed E-state index contributed by atoms with van der Waals surface area (Å²) in [5, 5.41) is 3.42. The lowest BCUT2D eigenvalue weighted by atomic mass is 9.99. The summed E-state index contributed by atoms with van der Waals surface area (Å²) in [4.78, 5) is 14.1. The van der Waals surface area contributed by atoms with Crippen molar-refractivity contribution in [3.8, 4) is 0 Å². The van der Waals surface area contributed by atoms with Crippen LogP contribution in [0.1, 0.15) is 33.6 Å². The van der Waals surface area contributed by atoms with E-state index in [0.717, 1.165) is 12.8 Å². The third-order valence-corrected chi connectivity index (χ3v) is 3.43. The van der Waals surface area contributed by atoms with Crippen LogP contribution in [-0.2, 0) is 9.53 Å². The average molecular weight is 228 g/mol. The highest BCUT2D eigenvalue weighted by Crippen LogP contribution is 2.20. The number of carbonyl (C=O) groups excluding carboxylic acids is 1. The zero-order valence-corrected chi connectivity index (χ0v) is 10.8. The van der Waals surface area contributed by atoms with E-state index in [-0.39, 0.29) is 18.1 Å². The molecular formula is C12H24N2O2. The fourth-order valence-electron chi connectivity index (χ4n) is 2.14. The molecule has 1 aliphatic rings. The van der Waals surface area contributed by atoms with E-state index in [9.17, 15) is 4.79 Å². The second kappa shape index (κ2) is 6.21. The van der Waals surface area contributed by atoms with Crippen LogP contribution in [0.5, 0.6) is 0 Å². The van der Waals surface area contributed by atoms with E-state index in [2.05, 4.69) is 26.1 Å². The number of nitrogens with one attached hydrogen (secondary N) is 1. The van der Waals surface area contributed by atoms with E-state index in [1.165, 1.54) is 0 Å². The van der Waals surface area contributed by atoms with Crippen LogP contribution in [0.3, 0.4) is 0 Å². The van der Waals surface area contributed by atoms with Crippen molar-refractivity contribution < 1.29 is 9.53 Å². The van der Waals surface area contributed by atoms with Crippen LogP contribution in [0.4, 0.5) is 0 Å². The number of methoxy groups -OCH3 is 1. The minimum absolute atomic E-state index is 0.00759. The van der Waals surface area contributed by atoms with Gasteiger partial charge in [-0.25, -0.2) is 0 Å². The predicted molar refractivity (Wildman–Crippen MR) is 64.0 cm³/mol. The fraction of sp³-hybridized carbons (Fsp3) is 0.917. The Kier molecular flexibility index (Phi) is 5.22. The summed E-state index contributed by atoms with van der Waals surface area (Å²) in [5.74, 6) is 0.632. The molecule has 1 fully saturated rings. The number of nitrogens with zero attached hydrogens (tertiary/aromatic N) is 1. The van der Waals surface area contributed by atoms with Crippen LogP contribution in [0.25, 0.3) is 0 Å². The van der Waals surface area contributed by atoms with E-state index in [1.54, 1.807) is 7.11 Å². The Labute approximate surface area is 98.3 Å². The van der Waals surface area contributed by atoms with Crippen LogP contribution in [0, 0.1) is 5.92 Å². The number of hydrogen-bond donors (Lipinski definition) is 1. The summed E-state index contributed by atoms with van der Waals surface area (Å²) >= 11 is 0. The predicted octanol–water partition coefficient (Wildman–Crippen LogP) is 1.22. The minimum Gasteiger partial charge on any atom is -0.383 e. The molecule has 1 aliphatic heterocycles. The van der Waals surface area contributed by atoms with Crippen LogP contribution in [0.15, 0.2) is 0 Å². The molecule has 1 heterocycles. The van der Waals surface area contributed by atoms with Crippen LogP contribution in [0.2, 0.25) is 0 Å². The molecule has 16 heavy (non-hydrogen) atoms. The Morgan fingerprint density at radius 3 is 2.69 bits per heavy atom. The Morgan fingerprint density at radius 1 is 1.50 bits per heavy atom. The van der Waals surface area contributed by atoms with E-state index in [1.807, 2.05) is 4.90 Å². The third-order valence-electron chi connectivity index (χ3n) is 3.43. The molecule has 0 aromatic carbocycles. The van der Waals surface area contributed by atoms with Crippen LogP contribution >= 0.6 is 0 Å². The molecule has 1 rings (SSSR count). The molecule has 0 spiro atoms. The van der Waals surface area contributed by atoms with E-state index in [4.69, 9.17) is 4.74 Å². The Hall–Kier alpha value is -0.610. The Morgan fingerprint density at radius 2 is 2.19 bits per heavy atom. The van der Waals surface area contributed by atoms with Gasteiger partial charge in [0, 0.05) is 13.7 Å². The monoisotopic (exact) mass is 228 g/mol. The largest absolute Gasteiger partial charge is 0.383 e. The fourth-order valence-corrected chi connectivity index (χ4v) is 2.14. The van der Waals surface area contributed by atoms with Crippen molar-refractivity contribution >= 4 is 5.91 Å². The first-order valence-electron chi connectivity index (χ1n) is 6.21. The minimum atomic E-state index is -0.00759. The summed E-state index contributed by atoms with van der Waals surface area (Å²) in [6, 6.07) is -0.00759. The molecule has 1 N–H and O–H groups in total. The number of ether oxygens (including phenoxy) is 1. The van der Waals surface area contributed by atoms with Gasteiger partial charge in [-0.2, -0.15) is 0 Å². The zero-order chi connectivity index (χ0) is 12.1. The molecular weight excluding hydrogens is 204 g/mol. The molecule has 4 heteroatoms. The highest BCUT2D eigenvalue weighted by molar-refractivity contribution is 5.84. The van der Waals surface area contributed by atoms with Gasteiger partial charge in [0.15, 0.2) is 0 Å². The van der Waals surface area contributed by atoms with Crippen molar-refractivity contribution in [1.29, 1.82) is 0 Å². The van der Waals surface area contributed by atoms with Gasteiger partial charge in [-0.05, 0) is 12.3 Å². The second-order valence-corrected chi connectivity index (χ2v) is 4.48. The smallest absolute Gasteiger partial charge is 0.241 e. The van der Waals surface area contributed by atoms with E-state index < -0.39 is 0 Å². The summed E-state index contributed by atoms with van der Waals surface area (Å²) in [6.07, 6.45) is 2.15. The summed E-state index contributed by atoms with van der Waals surface area (Å²) < 4.78 is 5.05. The van der Waals surface area contributed by atoms with E-state index >= 15 is 0 Å². The van der Waals surface area contributed by atoms with Crippen molar-refractivity contribution in [3.05, 3.63) is 0 Å². The van der Waals surface area contributed by atoms with Gasteiger partial charge in [-0.15, -0.1) is 0 Å². The zero-order valence-electron chi connectivity index (χ0n) is 10.8. The third kappa shape index (κ3) is 2.74. The van der Waals surface area contributed by atoms with Gasteiger partial charge in [0.2, 0.25) is 5.91 Å². The van der Waals surface area contributed by atoms with Crippen LogP contribution in [-0.4, -0.2) is 43.3 Å². The number of carbonyl (C=O) groups is 1. The van der Waals surface area contributed by atoms with Crippen molar-refractivity contribution in [2.75, 3.05) is 20.3 Å². The molecule has 0 radical (unpaired) electrons. The van der Waals surface area contributed by atoms with Crippen molar-refractivity contribution in [2.45, 2.75) is 45.8 Å².